The fraction of sp³-hybridized carbons (Fsp3) is 0.427. The van der Waals surface area contributed by atoms with Crippen molar-refractivity contribution in [3.8, 4) is 0 Å². The summed E-state index contributed by atoms with van der Waals surface area (Å²) in [5.74, 6) is -4.32. The number of primary amides is 1. The minimum atomic E-state index is -0.743. The fourth-order valence-corrected chi connectivity index (χ4v) is 22.4. The molecular formula is C96H98Cl7IK2N14O22. The van der Waals surface area contributed by atoms with Crippen LogP contribution in [0.25, 0.3) is 44.1 Å². The Labute approximate surface area is 949 Å². The number of aldehydes is 1. The number of methoxy groups -OCH3 is 1. The van der Waals surface area contributed by atoms with Gasteiger partial charge in [-0.25, -0.2) is 63.8 Å². The Balaban J connectivity index is 0.000000148. The van der Waals surface area contributed by atoms with Crippen LogP contribution >= 0.6 is 104 Å². The number of amides is 1. The predicted molar refractivity (Wildman–Crippen MR) is 519 cm³/mol. The average Bonchev–Trinajstić information content (AvgIpc) is 1.57. The van der Waals surface area contributed by atoms with Crippen molar-refractivity contribution in [2.45, 2.75) is 229 Å². The third kappa shape index (κ3) is 22.8. The molecule has 4 N–H and O–H groups in total. The molecular weight excluding hydrogens is 2150 g/mol. The molecule has 4 aliphatic carbocycles. The van der Waals surface area contributed by atoms with Crippen molar-refractivity contribution >= 4 is 196 Å². The van der Waals surface area contributed by atoms with Gasteiger partial charge >= 0.3 is 133 Å². The molecule has 0 bridgehead atoms. The van der Waals surface area contributed by atoms with Gasteiger partial charge in [-0.3, -0.25) is 4.79 Å². The van der Waals surface area contributed by atoms with E-state index in [0.29, 0.717) is 89.3 Å². The molecule has 142 heavy (non-hydrogen) atoms. The number of nitrogens with two attached hydrogens (primary N) is 2. The molecule has 1 amide bonds. The van der Waals surface area contributed by atoms with Gasteiger partial charge in [0.15, 0.2) is 23.1 Å². The van der Waals surface area contributed by atoms with Crippen molar-refractivity contribution in [2.24, 2.45) is 29.4 Å². The molecule has 23 rings (SSSR count). The van der Waals surface area contributed by atoms with E-state index in [-0.39, 0.29) is 239 Å². The van der Waals surface area contributed by atoms with Gasteiger partial charge in [-0.05, 0) is 203 Å². The van der Waals surface area contributed by atoms with E-state index in [1.165, 1.54) is 32.4 Å². The first-order chi connectivity index (χ1) is 65.9. The van der Waals surface area contributed by atoms with Crippen molar-refractivity contribution < 1.29 is 209 Å². The molecule has 36 nitrogen and oxygen atoms in total. The summed E-state index contributed by atoms with van der Waals surface area (Å²) in [5, 5.41) is 14.9. The van der Waals surface area contributed by atoms with Gasteiger partial charge in [0.05, 0.1) is 99.5 Å². The molecule has 11 aliphatic rings. The van der Waals surface area contributed by atoms with Crippen LogP contribution in [-0.2, 0) is 76.1 Å². The number of halogens is 8. The summed E-state index contributed by atoms with van der Waals surface area (Å²) in [6.45, 7) is 20.3. The maximum absolute atomic E-state index is 12.5. The Bertz CT molecular complexity index is 6350. The number of fused-ring (bicyclic) bond motifs is 11. The third-order valence-corrected chi connectivity index (χ3v) is 28.5. The molecule has 46 heteroatoms. The van der Waals surface area contributed by atoms with Crippen LogP contribution in [0.1, 0.15) is 211 Å². The molecule has 12 aromatic rings. The zero-order valence-electron chi connectivity index (χ0n) is 79.3. The van der Waals surface area contributed by atoms with E-state index >= 15 is 0 Å². The number of hydrogen-bond acceptors (Lipinski definition) is 31. The van der Waals surface area contributed by atoms with E-state index in [2.05, 4.69) is 90.5 Å². The fourth-order valence-electron chi connectivity index (χ4n) is 20.6. The van der Waals surface area contributed by atoms with Crippen LogP contribution in [0.2, 0.25) is 35.5 Å². The van der Waals surface area contributed by atoms with Gasteiger partial charge in [-0.1, -0.05) is 107 Å². The molecule has 4 saturated carbocycles. The number of anilines is 1. The van der Waals surface area contributed by atoms with Crippen molar-refractivity contribution in [1.29, 1.82) is 0 Å². The first-order valence-corrected chi connectivity index (χ1v) is 47.8. The van der Waals surface area contributed by atoms with Crippen molar-refractivity contribution in [3.05, 3.63) is 225 Å². The number of cyclic esters (lactones) is 3. The maximum atomic E-state index is 12.5. The summed E-state index contributed by atoms with van der Waals surface area (Å²) < 4.78 is 85.6. The number of nitrogen functional groups attached to an aromatic ring is 1. The van der Waals surface area contributed by atoms with Gasteiger partial charge in [0, 0.05) is 88.8 Å². The summed E-state index contributed by atoms with van der Waals surface area (Å²) >= 11 is 44.7. The van der Waals surface area contributed by atoms with Crippen LogP contribution in [-0.4, -0.2) is 186 Å². The predicted octanol–water partition coefficient (Wildman–Crippen LogP) is 12.3. The summed E-state index contributed by atoms with van der Waals surface area (Å²) in [4.78, 5) is 115. The third-order valence-electron chi connectivity index (χ3n) is 25.7. The van der Waals surface area contributed by atoms with Crippen LogP contribution in [0.5, 0.6) is 0 Å². The van der Waals surface area contributed by atoms with Crippen molar-refractivity contribution in [3.63, 3.8) is 0 Å². The van der Waals surface area contributed by atoms with Crippen LogP contribution in [0.15, 0.2) is 147 Å². The molecule has 0 unspecified atom stereocenters. The molecule has 0 radical (unpaired) electrons. The SMILES string of the molecule is C.CC(C)(C)OC(N)=O.CC1(C)O[C@@H]2[C@@H]([C@@H]3OC(=O)c4cc(Cl)ccc43)C[C@@H](n3ccc4c(Cl)ncnc43)[C@@H]2O1.CC1(C)O[C@@H]2[C@@H]([C@@H]3OC(=O)c4cc(Cl)ccc43)C[C@@H](n3ccc4c(N)ncnc43)[C@@H]2O1.CC1(C)O[C@@H]2[C@@H]([C@H]3OC(=O)c4cc(Cl)ccc43)C[C@@H](n3ccc4c(Cl)ncnc43)[C@@H]2O1.CC1(C)O[C@@H]2[C@H](O1)[C@@H](C=O)C[C@H]2n1ccc2c(Cl)ncnc21.COC(=O)c1cc(Cl)ccc1I.O=CO[O-].[H-].[K+].[K+]. The number of hydrogen-bond donors (Lipinski definition) is 2. The molecule has 742 valence electrons. The Hall–Kier alpha value is -6.88. The minimum Gasteiger partial charge on any atom is -1.00 e. The van der Waals surface area contributed by atoms with E-state index in [0.717, 1.165) is 70.7 Å². The maximum Gasteiger partial charge on any atom is 1.00 e. The number of ether oxygens (including phenoxy) is 13. The quantitative estimate of drug-likeness (QED) is 0.0188. The molecule has 15 heterocycles. The molecule has 19 atom stereocenters. The summed E-state index contributed by atoms with van der Waals surface area (Å²) in [7, 11) is 1.35. The van der Waals surface area contributed by atoms with E-state index in [4.69, 9.17) is 155 Å². The molecule has 8 fully saturated rings. The number of benzene rings is 4. The number of aromatic nitrogens is 12. The van der Waals surface area contributed by atoms with Gasteiger partial charge < -0.3 is 108 Å². The summed E-state index contributed by atoms with van der Waals surface area (Å²) in [6, 6.07) is 28.5. The van der Waals surface area contributed by atoms with Gasteiger partial charge in [-0.2, -0.15) is 0 Å². The van der Waals surface area contributed by atoms with Crippen LogP contribution < -0.4 is 119 Å². The number of nitrogens with zero attached hydrogens (tertiary/aromatic N) is 12. The van der Waals surface area contributed by atoms with E-state index in [9.17, 15) is 28.8 Å². The number of carbonyl (C=O) groups excluding carboxylic acids is 7. The smallest absolute Gasteiger partial charge is 1.00 e. The van der Waals surface area contributed by atoms with Gasteiger partial charge in [0.2, 0.25) is 0 Å². The van der Waals surface area contributed by atoms with Gasteiger partial charge in [-0.15, -0.1) is 0 Å². The minimum absolute atomic E-state index is 0. The van der Waals surface area contributed by atoms with Crippen LogP contribution in [0, 0.1) is 27.2 Å². The van der Waals surface area contributed by atoms with Gasteiger partial charge in [0.1, 0.15) is 124 Å². The first-order valence-electron chi connectivity index (χ1n) is 44.1. The Morgan fingerprint density at radius 3 is 1.07 bits per heavy atom. The number of esters is 4. The Morgan fingerprint density at radius 2 is 0.754 bits per heavy atom. The van der Waals surface area contributed by atoms with Gasteiger partial charge in [0.25, 0.3) is 6.47 Å². The second-order valence-electron chi connectivity index (χ2n) is 37.4. The first kappa shape index (κ1) is 111. The molecule has 0 spiro atoms. The normalized spacial score (nSPS) is 27.1. The van der Waals surface area contributed by atoms with E-state index < -0.39 is 53.2 Å². The van der Waals surface area contributed by atoms with E-state index in [1.54, 1.807) is 75.4 Å². The summed E-state index contributed by atoms with van der Waals surface area (Å²) in [6.07, 6.45) is 13.6. The number of carbonyl (C=O) groups is 7. The zero-order valence-corrected chi connectivity index (χ0v) is 92.0. The van der Waals surface area contributed by atoms with Crippen LogP contribution in [0.3, 0.4) is 0 Å². The summed E-state index contributed by atoms with van der Waals surface area (Å²) in [5.41, 5.74) is 17.9. The van der Waals surface area contributed by atoms with Crippen LogP contribution in [0.4, 0.5) is 10.6 Å². The standard InChI is InChI=1S/2C22H19Cl2N3O4.C22H21ClN4O4.C15H16ClN3O3.C8H6ClIO2.C5H11NO2.CH2O3.CH4.2K.H/c3*1-22(2)30-17-14(16-11-4-3-10(23)7-13(11)21(28)29-16)8-15(18(17)31-22)27-6-5-12-19(24)25-9-26-20(12)27;1-15(2)21-11-8(6-20)5-10(12(11)22-15)19-4-3-9-13(16)17-7-18-14(9)19;1-12-8(11)6-4-5(9)2-3-7(6)10;1-5(2,3)8-4(6)7;2-1-4-3;;;;/h2*3-7,9,14-18H,8H2,1-2H3;3-7,9,14-18H,8H2,1-2H3,(H2,24,25,26);3-4,6-8,10-12H,5H2,1-2H3;2-4H,1H3;1-3H3,(H2,6,7);1,3H;1H4;;;/q;;;;;;;;2*+1;-1/p-1/t14-,15-,16+,17-,18+;2*14-,15-,16-,17-,18+;8-,10-,11-,12+;;;;;;;/m1111......./s1. The van der Waals surface area contributed by atoms with E-state index in [1.807, 2.05) is 127 Å². The zero-order chi connectivity index (χ0) is 99.3. The number of rotatable bonds is 10. The monoisotopic (exact) mass is 2250 g/mol. The van der Waals surface area contributed by atoms with Crippen molar-refractivity contribution in [1.82, 2.24) is 58.1 Å². The molecule has 8 aromatic heterocycles. The molecule has 7 aliphatic heterocycles. The second-order valence-corrected chi connectivity index (χ2v) is 41.4. The Morgan fingerprint density at radius 1 is 0.458 bits per heavy atom. The largest absolute Gasteiger partial charge is 1.00 e. The second kappa shape index (κ2) is 44.5. The topological polar surface area (TPSA) is 447 Å². The molecule has 4 aromatic carbocycles. The average molecular weight is 2250 g/mol. The van der Waals surface area contributed by atoms with Crippen molar-refractivity contribution in [2.75, 3.05) is 12.8 Å². The Kier molecular flexibility index (Phi) is 34.7. The molecule has 4 saturated heterocycles.